The molecule has 4 rings (SSSR count). The number of aromatic nitrogens is 4. The smallest absolute Gasteiger partial charge is 0.255 e. The number of carbonyl (C=O) groups excluding carboxylic acids is 1. The molecule has 2 aromatic heterocycles. The first-order chi connectivity index (χ1) is 13.2. The van der Waals surface area contributed by atoms with E-state index in [-0.39, 0.29) is 5.91 Å². The van der Waals surface area contributed by atoms with Crippen LogP contribution < -0.4 is 5.32 Å². The molecule has 134 valence electrons. The predicted octanol–water partition coefficient (Wildman–Crippen LogP) is 3.85. The van der Waals surface area contributed by atoms with Gasteiger partial charge in [0.25, 0.3) is 5.91 Å². The highest BCUT2D eigenvalue weighted by Gasteiger charge is 2.15. The van der Waals surface area contributed by atoms with Crippen LogP contribution in [0, 0.1) is 0 Å². The van der Waals surface area contributed by atoms with Crippen molar-refractivity contribution in [2.45, 2.75) is 6.54 Å². The van der Waals surface area contributed by atoms with Crippen molar-refractivity contribution in [3.05, 3.63) is 89.3 Å². The Labute approximate surface area is 160 Å². The second kappa shape index (κ2) is 7.47. The number of carbonyl (C=O) groups is 1. The minimum atomic E-state index is -0.207. The molecule has 1 amide bonds. The maximum absolute atomic E-state index is 12.6. The highest BCUT2D eigenvalue weighted by atomic mass is 35.5. The second-order valence-corrected chi connectivity index (χ2v) is 6.41. The predicted molar refractivity (Wildman–Crippen MR) is 104 cm³/mol. The lowest BCUT2D eigenvalue weighted by Crippen LogP contribution is -2.22. The fourth-order valence-corrected chi connectivity index (χ4v) is 2.87. The van der Waals surface area contributed by atoms with Crippen LogP contribution in [0.1, 0.15) is 15.9 Å². The summed E-state index contributed by atoms with van der Waals surface area (Å²) in [4.78, 5) is 12.6. The summed E-state index contributed by atoms with van der Waals surface area (Å²) in [6.45, 7) is 0.372. The molecule has 0 saturated carbocycles. The van der Waals surface area contributed by atoms with Gasteiger partial charge < -0.3 is 5.32 Å². The van der Waals surface area contributed by atoms with E-state index >= 15 is 0 Å². The molecule has 2 heterocycles. The van der Waals surface area contributed by atoms with E-state index in [0.29, 0.717) is 22.8 Å². The van der Waals surface area contributed by atoms with E-state index < -0.39 is 0 Å². The Kier molecular flexibility index (Phi) is 4.72. The molecule has 0 aliphatic heterocycles. The van der Waals surface area contributed by atoms with Crippen LogP contribution >= 0.6 is 11.6 Å². The normalized spacial score (nSPS) is 10.7. The van der Waals surface area contributed by atoms with Crippen LogP contribution in [0.15, 0.2) is 73.2 Å². The minimum Gasteiger partial charge on any atom is -0.348 e. The first-order valence-corrected chi connectivity index (χ1v) is 8.75. The lowest BCUT2D eigenvalue weighted by Gasteiger charge is -2.05. The van der Waals surface area contributed by atoms with Gasteiger partial charge in [-0.2, -0.15) is 10.2 Å². The number of aromatic amines is 1. The molecule has 6 nitrogen and oxygen atoms in total. The Morgan fingerprint density at radius 2 is 1.85 bits per heavy atom. The molecular formula is C20H16ClN5O. The Hall–Kier alpha value is -3.38. The van der Waals surface area contributed by atoms with Gasteiger partial charge >= 0.3 is 0 Å². The van der Waals surface area contributed by atoms with E-state index in [1.54, 1.807) is 23.0 Å². The zero-order valence-electron chi connectivity index (χ0n) is 14.3. The number of H-pyrrole nitrogens is 1. The molecule has 0 aliphatic carbocycles. The first kappa shape index (κ1) is 17.1. The number of amides is 1. The molecule has 0 unspecified atom stereocenters. The zero-order valence-corrected chi connectivity index (χ0v) is 15.0. The fraction of sp³-hybridized carbons (Fsp3) is 0.0500. The van der Waals surface area contributed by atoms with Crippen molar-refractivity contribution in [2.24, 2.45) is 0 Å². The first-order valence-electron chi connectivity index (χ1n) is 8.37. The lowest BCUT2D eigenvalue weighted by atomic mass is 10.1. The van der Waals surface area contributed by atoms with E-state index in [1.165, 1.54) is 6.20 Å². The van der Waals surface area contributed by atoms with Crippen LogP contribution in [0.4, 0.5) is 0 Å². The number of para-hydroxylation sites is 1. The summed E-state index contributed by atoms with van der Waals surface area (Å²) in [6, 6.07) is 17.0. The Morgan fingerprint density at radius 1 is 1.07 bits per heavy atom. The Bertz CT molecular complexity index is 1050. The molecule has 0 spiro atoms. The summed E-state index contributed by atoms with van der Waals surface area (Å²) < 4.78 is 1.78. The Balaban J connectivity index is 1.46. The summed E-state index contributed by atoms with van der Waals surface area (Å²) in [5, 5.41) is 14.8. The highest BCUT2D eigenvalue weighted by Crippen LogP contribution is 2.23. The molecule has 7 heteroatoms. The molecule has 2 N–H and O–H groups in total. The summed E-state index contributed by atoms with van der Waals surface area (Å²) >= 11 is 5.93. The molecule has 0 fully saturated rings. The number of halogens is 1. The van der Waals surface area contributed by atoms with Gasteiger partial charge in [0.05, 0.1) is 29.3 Å². The van der Waals surface area contributed by atoms with E-state index in [2.05, 4.69) is 20.6 Å². The van der Waals surface area contributed by atoms with Gasteiger partial charge in [0, 0.05) is 28.9 Å². The van der Waals surface area contributed by atoms with Crippen molar-refractivity contribution in [3.63, 3.8) is 0 Å². The lowest BCUT2D eigenvalue weighted by molar-refractivity contribution is 0.0951. The van der Waals surface area contributed by atoms with Gasteiger partial charge in [-0.25, -0.2) is 4.68 Å². The minimum absolute atomic E-state index is 0.207. The molecule has 0 bridgehead atoms. The van der Waals surface area contributed by atoms with Gasteiger partial charge in [-0.15, -0.1) is 0 Å². The van der Waals surface area contributed by atoms with E-state index in [9.17, 15) is 4.79 Å². The maximum Gasteiger partial charge on any atom is 0.255 e. The van der Waals surface area contributed by atoms with Gasteiger partial charge in [-0.05, 0) is 24.3 Å². The van der Waals surface area contributed by atoms with Crippen molar-refractivity contribution in [2.75, 3.05) is 0 Å². The quantitative estimate of drug-likeness (QED) is 0.554. The van der Waals surface area contributed by atoms with Crippen LogP contribution in [0.25, 0.3) is 16.9 Å². The second-order valence-electron chi connectivity index (χ2n) is 5.98. The van der Waals surface area contributed by atoms with Crippen LogP contribution in [0.2, 0.25) is 5.02 Å². The Morgan fingerprint density at radius 3 is 2.63 bits per heavy atom. The molecule has 4 aromatic rings. The van der Waals surface area contributed by atoms with Gasteiger partial charge in [0.1, 0.15) is 0 Å². The van der Waals surface area contributed by atoms with E-state index in [1.807, 2.05) is 48.7 Å². The van der Waals surface area contributed by atoms with E-state index in [0.717, 1.165) is 16.8 Å². The van der Waals surface area contributed by atoms with Crippen molar-refractivity contribution in [1.29, 1.82) is 0 Å². The number of nitrogens with one attached hydrogen (secondary N) is 2. The van der Waals surface area contributed by atoms with Crippen molar-refractivity contribution < 1.29 is 4.79 Å². The monoisotopic (exact) mass is 377 g/mol. The van der Waals surface area contributed by atoms with Gasteiger partial charge in [-0.1, -0.05) is 41.9 Å². The summed E-state index contributed by atoms with van der Waals surface area (Å²) in [5.74, 6) is -0.207. The highest BCUT2D eigenvalue weighted by molar-refractivity contribution is 6.30. The molecule has 0 aliphatic rings. The average Bonchev–Trinajstić information content (AvgIpc) is 3.37. The van der Waals surface area contributed by atoms with Crippen LogP contribution in [-0.4, -0.2) is 25.9 Å². The number of hydrogen-bond acceptors (Lipinski definition) is 3. The van der Waals surface area contributed by atoms with Crippen LogP contribution in [-0.2, 0) is 6.54 Å². The summed E-state index contributed by atoms with van der Waals surface area (Å²) in [7, 11) is 0. The average molecular weight is 378 g/mol. The van der Waals surface area contributed by atoms with Crippen molar-refractivity contribution in [1.82, 2.24) is 25.3 Å². The third-order valence-corrected chi connectivity index (χ3v) is 4.38. The molecule has 0 saturated heterocycles. The van der Waals surface area contributed by atoms with Gasteiger partial charge in [0.15, 0.2) is 0 Å². The number of rotatable bonds is 5. The zero-order chi connectivity index (χ0) is 18.6. The van der Waals surface area contributed by atoms with Crippen molar-refractivity contribution >= 4 is 17.5 Å². The standard InChI is InChI=1S/C20H16ClN5O/c21-16-8-6-15(7-9-16)19-18(12-23-25-19)20(27)22-10-14-11-24-26(13-14)17-4-2-1-3-5-17/h1-9,11-13H,10H2,(H,22,27)(H,23,25). The van der Waals surface area contributed by atoms with E-state index in [4.69, 9.17) is 11.6 Å². The van der Waals surface area contributed by atoms with Crippen LogP contribution in [0.3, 0.4) is 0 Å². The molecule has 27 heavy (non-hydrogen) atoms. The number of benzene rings is 2. The van der Waals surface area contributed by atoms with Crippen LogP contribution in [0.5, 0.6) is 0 Å². The SMILES string of the molecule is O=C(NCc1cnn(-c2ccccc2)c1)c1cn[nH]c1-c1ccc(Cl)cc1. The van der Waals surface area contributed by atoms with Gasteiger partial charge in [-0.3, -0.25) is 9.89 Å². The molecular weight excluding hydrogens is 362 g/mol. The third kappa shape index (κ3) is 3.75. The van der Waals surface area contributed by atoms with Crippen molar-refractivity contribution in [3.8, 4) is 16.9 Å². The summed E-state index contributed by atoms with van der Waals surface area (Å²) in [5.41, 5.74) is 3.86. The summed E-state index contributed by atoms with van der Waals surface area (Å²) in [6.07, 6.45) is 5.15. The van der Waals surface area contributed by atoms with Gasteiger partial charge in [0.2, 0.25) is 0 Å². The number of nitrogens with zero attached hydrogens (tertiary/aromatic N) is 3. The largest absolute Gasteiger partial charge is 0.348 e. The maximum atomic E-state index is 12.6. The third-order valence-electron chi connectivity index (χ3n) is 4.13. The molecule has 0 atom stereocenters. The fourth-order valence-electron chi connectivity index (χ4n) is 2.75. The number of hydrogen-bond donors (Lipinski definition) is 2. The topological polar surface area (TPSA) is 75.6 Å². The molecule has 2 aromatic carbocycles. The molecule has 0 radical (unpaired) electrons.